The van der Waals surface area contributed by atoms with Crippen LogP contribution in [0.2, 0.25) is 0 Å². The molecule has 0 aliphatic rings. The van der Waals surface area contributed by atoms with Gasteiger partial charge in [-0.05, 0) is 47.7 Å². The Morgan fingerprint density at radius 2 is 1.83 bits per heavy atom. The second kappa shape index (κ2) is 8.53. The first-order valence-corrected chi connectivity index (χ1v) is 9.30. The van der Waals surface area contributed by atoms with E-state index in [4.69, 9.17) is 9.26 Å². The summed E-state index contributed by atoms with van der Waals surface area (Å²) >= 11 is 3.37. The smallest absolute Gasteiger partial charge is 0.387 e. The molecule has 0 saturated heterocycles. The molecule has 9 nitrogen and oxygen atoms in total. The van der Waals surface area contributed by atoms with Gasteiger partial charge in [0.25, 0.3) is 5.89 Å². The van der Waals surface area contributed by atoms with Crippen LogP contribution in [0, 0.1) is 0 Å². The van der Waals surface area contributed by atoms with Gasteiger partial charge in [-0.15, -0.1) is 10.2 Å². The summed E-state index contributed by atoms with van der Waals surface area (Å²) in [6.45, 7) is -2.85. The summed E-state index contributed by atoms with van der Waals surface area (Å²) in [4.78, 5) is 5.61. The lowest BCUT2D eigenvalue weighted by Gasteiger charge is -2.10. The molecule has 0 spiro atoms. The number of alkyl halides is 2. The van der Waals surface area contributed by atoms with Gasteiger partial charge in [-0.1, -0.05) is 21.1 Å². The van der Waals surface area contributed by atoms with Gasteiger partial charge in [0, 0.05) is 15.6 Å². The molecule has 2 aromatic heterocycles. The first kappa shape index (κ1) is 19.9. The van der Waals surface area contributed by atoms with Gasteiger partial charge in [-0.3, -0.25) is 0 Å². The third-order valence-electron chi connectivity index (χ3n) is 3.94. The molecular formula is C18H13BrF2N6O3. The number of benzene rings is 2. The van der Waals surface area contributed by atoms with E-state index < -0.39 is 6.61 Å². The van der Waals surface area contributed by atoms with Crippen molar-refractivity contribution in [2.45, 2.75) is 13.2 Å². The number of nitrogens with zero attached hydrogens (tertiary/aromatic N) is 6. The lowest BCUT2D eigenvalue weighted by Crippen LogP contribution is -2.04. The Kier molecular flexibility index (Phi) is 5.65. The Labute approximate surface area is 176 Å². The van der Waals surface area contributed by atoms with E-state index in [1.165, 1.54) is 30.1 Å². The largest absolute Gasteiger partial charge is 0.493 e. The molecule has 0 saturated carbocycles. The van der Waals surface area contributed by atoms with Gasteiger partial charge in [-0.2, -0.15) is 18.6 Å². The van der Waals surface area contributed by atoms with Crippen LogP contribution in [0.3, 0.4) is 0 Å². The summed E-state index contributed by atoms with van der Waals surface area (Å²) in [6, 6.07) is 11.8. The van der Waals surface area contributed by atoms with Crippen molar-refractivity contribution < 1.29 is 22.8 Å². The van der Waals surface area contributed by atoms with Crippen molar-refractivity contribution in [2.24, 2.45) is 0 Å². The molecule has 0 atom stereocenters. The predicted molar refractivity (Wildman–Crippen MR) is 103 cm³/mol. The van der Waals surface area contributed by atoms with Gasteiger partial charge in [-0.25, -0.2) is 0 Å². The molecule has 0 N–H and O–H groups in total. The molecule has 0 aliphatic heterocycles. The first-order valence-electron chi connectivity index (χ1n) is 8.51. The highest BCUT2D eigenvalue weighted by molar-refractivity contribution is 9.10. The van der Waals surface area contributed by atoms with E-state index in [-0.39, 0.29) is 29.8 Å². The van der Waals surface area contributed by atoms with E-state index in [0.717, 1.165) is 10.0 Å². The van der Waals surface area contributed by atoms with Gasteiger partial charge in [0.05, 0.1) is 7.11 Å². The molecule has 0 unspecified atom stereocenters. The SMILES string of the molecule is COc1cc(-c2noc(Cn3nnc(-c4ccc(Br)cc4)n3)n2)ccc1OC(F)F. The fourth-order valence-corrected chi connectivity index (χ4v) is 2.85. The second-order valence-corrected chi connectivity index (χ2v) is 6.82. The average molecular weight is 479 g/mol. The minimum atomic E-state index is -2.96. The number of tetrazole rings is 1. The second-order valence-electron chi connectivity index (χ2n) is 5.91. The topological polar surface area (TPSA) is 101 Å². The van der Waals surface area contributed by atoms with E-state index >= 15 is 0 Å². The molecule has 0 radical (unpaired) electrons. The maximum absolute atomic E-state index is 12.5. The highest BCUT2D eigenvalue weighted by Gasteiger charge is 2.16. The monoisotopic (exact) mass is 478 g/mol. The maximum Gasteiger partial charge on any atom is 0.387 e. The van der Waals surface area contributed by atoms with Crippen molar-refractivity contribution in [1.82, 2.24) is 30.3 Å². The zero-order valence-corrected chi connectivity index (χ0v) is 17.0. The molecule has 2 aromatic carbocycles. The molecule has 154 valence electrons. The normalized spacial score (nSPS) is 11.1. The standard InChI is InChI=1S/C18H13BrF2N6O3/c1-28-14-8-11(4-7-13(14)29-18(20)21)16-22-15(30-25-16)9-27-24-17(23-26-27)10-2-5-12(19)6-3-10/h2-8,18H,9H2,1H3. The van der Waals surface area contributed by atoms with Crippen LogP contribution in [0.15, 0.2) is 51.5 Å². The van der Waals surface area contributed by atoms with Crippen molar-refractivity contribution in [1.29, 1.82) is 0 Å². The number of rotatable bonds is 7. The van der Waals surface area contributed by atoms with Crippen molar-refractivity contribution in [3.8, 4) is 34.3 Å². The number of ether oxygens (including phenoxy) is 2. The lowest BCUT2D eigenvalue weighted by atomic mass is 10.2. The number of aromatic nitrogens is 6. The minimum absolute atomic E-state index is 0.0905. The summed E-state index contributed by atoms with van der Waals surface area (Å²) in [7, 11) is 1.35. The Hall–Kier alpha value is -3.41. The molecule has 0 fully saturated rings. The zero-order valence-electron chi connectivity index (χ0n) is 15.4. The van der Waals surface area contributed by atoms with E-state index in [9.17, 15) is 8.78 Å². The Morgan fingerprint density at radius 3 is 2.57 bits per heavy atom. The van der Waals surface area contributed by atoms with Gasteiger partial charge in [0.1, 0.15) is 6.54 Å². The molecular weight excluding hydrogens is 466 g/mol. The number of hydrogen-bond donors (Lipinski definition) is 0. The number of hydrogen-bond acceptors (Lipinski definition) is 8. The molecule has 0 amide bonds. The number of methoxy groups -OCH3 is 1. The van der Waals surface area contributed by atoms with Crippen molar-refractivity contribution in [3.63, 3.8) is 0 Å². The van der Waals surface area contributed by atoms with Crippen molar-refractivity contribution in [3.05, 3.63) is 52.8 Å². The highest BCUT2D eigenvalue weighted by atomic mass is 79.9. The third kappa shape index (κ3) is 4.43. The fraction of sp³-hybridized carbons (Fsp3) is 0.167. The van der Waals surface area contributed by atoms with Gasteiger partial charge in [0.2, 0.25) is 11.6 Å². The van der Waals surface area contributed by atoms with Crippen LogP contribution in [0.1, 0.15) is 5.89 Å². The maximum atomic E-state index is 12.5. The van der Waals surface area contributed by atoms with Crippen molar-refractivity contribution >= 4 is 15.9 Å². The van der Waals surface area contributed by atoms with Crippen LogP contribution in [-0.4, -0.2) is 44.1 Å². The minimum Gasteiger partial charge on any atom is -0.493 e. The molecule has 0 bridgehead atoms. The van der Waals surface area contributed by atoms with Crippen LogP contribution in [0.25, 0.3) is 22.8 Å². The molecule has 30 heavy (non-hydrogen) atoms. The summed E-state index contributed by atoms with van der Waals surface area (Å²) in [5.41, 5.74) is 1.32. The van der Waals surface area contributed by atoms with E-state index in [1.807, 2.05) is 24.3 Å². The summed E-state index contributed by atoms with van der Waals surface area (Å²) in [5, 5.41) is 16.2. The van der Waals surface area contributed by atoms with Gasteiger partial charge < -0.3 is 14.0 Å². The Bertz CT molecular complexity index is 1150. The fourth-order valence-electron chi connectivity index (χ4n) is 2.58. The Morgan fingerprint density at radius 1 is 1.07 bits per heavy atom. The third-order valence-corrected chi connectivity index (χ3v) is 4.47. The van der Waals surface area contributed by atoms with Crippen molar-refractivity contribution in [2.75, 3.05) is 7.11 Å². The molecule has 0 aliphatic carbocycles. The van der Waals surface area contributed by atoms with Gasteiger partial charge in [0.15, 0.2) is 11.5 Å². The highest BCUT2D eigenvalue weighted by Crippen LogP contribution is 2.32. The van der Waals surface area contributed by atoms with E-state index in [1.54, 1.807) is 0 Å². The van der Waals surface area contributed by atoms with E-state index in [0.29, 0.717) is 11.4 Å². The zero-order chi connectivity index (χ0) is 21.1. The summed E-state index contributed by atoms with van der Waals surface area (Å²) in [5.74, 6) is 0.988. The van der Waals surface area contributed by atoms with Crippen LogP contribution in [0.4, 0.5) is 8.78 Å². The molecule has 4 rings (SSSR count). The quantitative estimate of drug-likeness (QED) is 0.395. The molecule has 2 heterocycles. The molecule has 12 heteroatoms. The summed E-state index contributed by atoms with van der Waals surface area (Å²) in [6.07, 6.45) is 0. The average Bonchev–Trinajstić information content (AvgIpc) is 3.39. The van der Waals surface area contributed by atoms with Crippen LogP contribution in [0.5, 0.6) is 11.5 Å². The van der Waals surface area contributed by atoms with Crippen LogP contribution in [-0.2, 0) is 6.54 Å². The first-order chi connectivity index (χ1) is 14.5. The lowest BCUT2D eigenvalue weighted by molar-refractivity contribution is -0.0512. The van der Waals surface area contributed by atoms with Gasteiger partial charge >= 0.3 is 6.61 Å². The predicted octanol–water partition coefficient (Wildman–Crippen LogP) is 3.81. The van der Waals surface area contributed by atoms with E-state index in [2.05, 4.69) is 46.2 Å². The summed E-state index contributed by atoms with van der Waals surface area (Å²) < 4.78 is 40.6. The number of halogens is 3. The Balaban J connectivity index is 1.50. The van der Waals surface area contributed by atoms with Crippen LogP contribution >= 0.6 is 15.9 Å². The molecule has 4 aromatic rings. The van der Waals surface area contributed by atoms with Crippen LogP contribution < -0.4 is 9.47 Å².